The predicted octanol–water partition coefficient (Wildman–Crippen LogP) is 3.56. The largest absolute Gasteiger partial charge is 0.314 e. The first-order chi connectivity index (χ1) is 9.01. The molecule has 0 radical (unpaired) electrons. The molecule has 19 heavy (non-hydrogen) atoms. The van der Waals surface area contributed by atoms with Crippen molar-refractivity contribution in [3.63, 3.8) is 0 Å². The molecule has 3 heteroatoms. The molecule has 0 spiro atoms. The van der Waals surface area contributed by atoms with E-state index in [1.165, 1.54) is 31.4 Å². The van der Waals surface area contributed by atoms with E-state index in [0.717, 1.165) is 13.0 Å². The average molecular weight is 263 g/mol. The summed E-state index contributed by atoms with van der Waals surface area (Å²) in [7, 11) is 0. The first-order valence-electron chi connectivity index (χ1n) is 7.78. The molecule has 2 rings (SSSR count). The summed E-state index contributed by atoms with van der Waals surface area (Å²) in [6.07, 6.45) is 8.71. The molecule has 0 aliphatic heterocycles. The molecule has 1 aromatic rings. The van der Waals surface area contributed by atoms with Crippen LogP contribution in [-0.2, 0) is 6.42 Å². The molecule has 0 amide bonds. The molecule has 0 saturated heterocycles. The number of nitrogens with one attached hydrogen (secondary N) is 1. The molecule has 1 aliphatic carbocycles. The normalized spacial score (nSPS) is 18.6. The Morgan fingerprint density at radius 2 is 1.95 bits per heavy atom. The summed E-state index contributed by atoms with van der Waals surface area (Å²) in [6, 6.07) is 3.24. The van der Waals surface area contributed by atoms with Gasteiger partial charge in [-0.15, -0.1) is 0 Å². The Hall–Kier alpha value is -0.830. The minimum atomic E-state index is 0.445. The van der Waals surface area contributed by atoms with Crippen LogP contribution in [0.3, 0.4) is 0 Å². The molecule has 0 bridgehead atoms. The van der Waals surface area contributed by atoms with Gasteiger partial charge in [-0.2, -0.15) is 5.10 Å². The third-order valence-corrected chi connectivity index (χ3v) is 4.30. The monoisotopic (exact) mass is 263 g/mol. The van der Waals surface area contributed by atoms with Crippen molar-refractivity contribution in [2.75, 3.05) is 6.54 Å². The van der Waals surface area contributed by atoms with Gasteiger partial charge in [0.1, 0.15) is 0 Å². The summed E-state index contributed by atoms with van der Waals surface area (Å²) in [6.45, 7) is 9.97. The molecule has 0 unspecified atom stereocenters. The lowest BCUT2D eigenvalue weighted by Crippen LogP contribution is -2.37. The topological polar surface area (TPSA) is 29.9 Å². The second-order valence-corrected chi connectivity index (χ2v) is 6.80. The molecule has 1 aliphatic rings. The Morgan fingerprint density at radius 3 is 2.47 bits per heavy atom. The van der Waals surface area contributed by atoms with Crippen LogP contribution in [-0.4, -0.2) is 22.4 Å². The van der Waals surface area contributed by atoms with Crippen molar-refractivity contribution in [2.24, 2.45) is 5.41 Å². The molecule has 1 N–H and O–H groups in total. The van der Waals surface area contributed by atoms with Gasteiger partial charge >= 0.3 is 0 Å². The van der Waals surface area contributed by atoms with Gasteiger partial charge in [-0.3, -0.25) is 4.68 Å². The van der Waals surface area contributed by atoms with Crippen molar-refractivity contribution in [2.45, 2.75) is 71.9 Å². The predicted molar refractivity (Wildman–Crippen MR) is 80.4 cm³/mol. The second kappa shape index (κ2) is 6.08. The number of nitrogens with zero attached hydrogens (tertiary/aromatic N) is 2. The highest BCUT2D eigenvalue weighted by Crippen LogP contribution is 2.40. The standard InChI is InChI=1S/C16H29N3/c1-13(2)17-12-16(8-5-6-9-16)11-15-7-10-19(18-15)14(3)4/h7,10,13-14,17H,5-6,8-9,11-12H2,1-4H3. The highest BCUT2D eigenvalue weighted by Gasteiger charge is 2.34. The maximum Gasteiger partial charge on any atom is 0.0630 e. The van der Waals surface area contributed by atoms with Crippen molar-refractivity contribution in [3.05, 3.63) is 18.0 Å². The lowest BCUT2D eigenvalue weighted by molar-refractivity contribution is 0.265. The number of aromatic nitrogens is 2. The summed E-state index contributed by atoms with van der Waals surface area (Å²) >= 11 is 0. The van der Waals surface area contributed by atoms with E-state index >= 15 is 0 Å². The summed E-state index contributed by atoms with van der Waals surface area (Å²) in [4.78, 5) is 0. The van der Waals surface area contributed by atoms with Crippen LogP contribution in [0.1, 0.15) is 65.1 Å². The van der Waals surface area contributed by atoms with E-state index in [1.807, 2.05) is 0 Å². The Bertz CT molecular complexity index is 386. The van der Waals surface area contributed by atoms with Gasteiger partial charge in [0.25, 0.3) is 0 Å². The minimum Gasteiger partial charge on any atom is -0.314 e. The zero-order valence-electron chi connectivity index (χ0n) is 12.9. The van der Waals surface area contributed by atoms with Gasteiger partial charge in [0, 0.05) is 24.8 Å². The average Bonchev–Trinajstić information content (AvgIpc) is 2.97. The van der Waals surface area contributed by atoms with Gasteiger partial charge in [-0.25, -0.2) is 0 Å². The fraction of sp³-hybridized carbons (Fsp3) is 0.812. The maximum atomic E-state index is 4.73. The first kappa shape index (κ1) is 14.6. The van der Waals surface area contributed by atoms with Crippen LogP contribution >= 0.6 is 0 Å². The van der Waals surface area contributed by atoms with E-state index in [2.05, 4.69) is 50.0 Å². The van der Waals surface area contributed by atoms with Crippen molar-refractivity contribution >= 4 is 0 Å². The van der Waals surface area contributed by atoms with Crippen molar-refractivity contribution in [3.8, 4) is 0 Å². The Morgan fingerprint density at radius 1 is 1.26 bits per heavy atom. The van der Waals surface area contributed by atoms with E-state index in [1.54, 1.807) is 0 Å². The summed E-state index contributed by atoms with van der Waals surface area (Å²) in [5.74, 6) is 0. The van der Waals surface area contributed by atoms with Crippen LogP contribution in [0, 0.1) is 5.41 Å². The summed E-state index contributed by atoms with van der Waals surface area (Å²) in [5.41, 5.74) is 1.71. The van der Waals surface area contributed by atoms with Crippen molar-refractivity contribution in [1.29, 1.82) is 0 Å². The SMILES string of the molecule is CC(C)NCC1(Cc2ccn(C(C)C)n2)CCCC1. The van der Waals surface area contributed by atoms with Crippen LogP contribution in [0.5, 0.6) is 0 Å². The van der Waals surface area contributed by atoms with Gasteiger partial charge in [0.2, 0.25) is 0 Å². The van der Waals surface area contributed by atoms with Crippen LogP contribution in [0.15, 0.2) is 12.3 Å². The smallest absolute Gasteiger partial charge is 0.0630 e. The van der Waals surface area contributed by atoms with Gasteiger partial charge in [-0.1, -0.05) is 26.7 Å². The first-order valence-corrected chi connectivity index (χ1v) is 7.78. The zero-order valence-corrected chi connectivity index (χ0v) is 12.9. The molecule has 0 aromatic carbocycles. The molecule has 108 valence electrons. The molecular weight excluding hydrogens is 234 g/mol. The molecular formula is C16H29N3. The number of hydrogen-bond donors (Lipinski definition) is 1. The third kappa shape index (κ3) is 3.82. The molecule has 1 saturated carbocycles. The van der Waals surface area contributed by atoms with Gasteiger partial charge in [0.15, 0.2) is 0 Å². The highest BCUT2D eigenvalue weighted by atomic mass is 15.3. The van der Waals surface area contributed by atoms with Gasteiger partial charge in [-0.05, 0) is 44.6 Å². The van der Waals surface area contributed by atoms with E-state index < -0.39 is 0 Å². The van der Waals surface area contributed by atoms with Crippen LogP contribution in [0.2, 0.25) is 0 Å². The van der Waals surface area contributed by atoms with E-state index in [4.69, 9.17) is 5.10 Å². The molecule has 1 heterocycles. The molecule has 3 nitrogen and oxygen atoms in total. The fourth-order valence-electron chi connectivity index (χ4n) is 3.11. The number of hydrogen-bond acceptors (Lipinski definition) is 2. The molecule has 1 aromatic heterocycles. The van der Waals surface area contributed by atoms with Crippen LogP contribution in [0.25, 0.3) is 0 Å². The van der Waals surface area contributed by atoms with E-state index in [-0.39, 0.29) is 0 Å². The summed E-state index contributed by atoms with van der Waals surface area (Å²) < 4.78 is 2.08. The lowest BCUT2D eigenvalue weighted by Gasteiger charge is -2.29. The second-order valence-electron chi connectivity index (χ2n) is 6.80. The van der Waals surface area contributed by atoms with Crippen molar-refractivity contribution < 1.29 is 0 Å². The fourth-order valence-corrected chi connectivity index (χ4v) is 3.11. The quantitative estimate of drug-likeness (QED) is 0.850. The lowest BCUT2D eigenvalue weighted by atomic mass is 9.81. The third-order valence-electron chi connectivity index (χ3n) is 4.30. The van der Waals surface area contributed by atoms with Crippen molar-refractivity contribution in [1.82, 2.24) is 15.1 Å². The van der Waals surface area contributed by atoms with E-state index in [0.29, 0.717) is 17.5 Å². The zero-order chi connectivity index (χ0) is 13.9. The van der Waals surface area contributed by atoms with E-state index in [9.17, 15) is 0 Å². The van der Waals surface area contributed by atoms with Crippen LogP contribution < -0.4 is 5.32 Å². The van der Waals surface area contributed by atoms with Gasteiger partial charge in [0.05, 0.1) is 5.69 Å². The Labute approximate surface area is 117 Å². The molecule has 0 atom stereocenters. The number of rotatable bonds is 6. The highest BCUT2D eigenvalue weighted by molar-refractivity contribution is 5.05. The van der Waals surface area contributed by atoms with Gasteiger partial charge < -0.3 is 5.32 Å². The van der Waals surface area contributed by atoms with Crippen LogP contribution in [0.4, 0.5) is 0 Å². The maximum absolute atomic E-state index is 4.73. The molecule has 1 fully saturated rings. The minimum absolute atomic E-state index is 0.445. The Kier molecular flexibility index (Phi) is 4.67. The summed E-state index contributed by atoms with van der Waals surface area (Å²) in [5, 5.41) is 8.38. The Balaban J connectivity index is 2.03.